The number of ether oxygens (including phenoxy) is 1. The molecular formula is C13H9Cl2NO3. The summed E-state index contributed by atoms with van der Waals surface area (Å²) in [4.78, 5) is 14.8. The van der Waals surface area contributed by atoms with Gasteiger partial charge in [0, 0.05) is 21.8 Å². The minimum atomic E-state index is -1.07. The van der Waals surface area contributed by atoms with Gasteiger partial charge in [-0.25, -0.2) is 4.79 Å². The standard InChI is InChI=1S/C13H9Cl2NO3/c14-9-2-1-8(11(15)5-9)7-19-12-6-16-4-3-10(12)13(17)18/h1-6H,7H2,(H,17,18). The van der Waals surface area contributed by atoms with Gasteiger partial charge in [-0.05, 0) is 18.2 Å². The number of pyridine rings is 1. The average molecular weight is 298 g/mol. The van der Waals surface area contributed by atoms with Crippen molar-refractivity contribution >= 4 is 29.2 Å². The average Bonchev–Trinajstić information content (AvgIpc) is 2.38. The minimum absolute atomic E-state index is 0.0556. The Kier molecular flexibility index (Phi) is 4.24. The van der Waals surface area contributed by atoms with Gasteiger partial charge in [0.15, 0.2) is 5.75 Å². The largest absolute Gasteiger partial charge is 0.486 e. The van der Waals surface area contributed by atoms with Gasteiger partial charge in [-0.15, -0.1) is 0 Å². The summed E-state index contributed by atoms with van der Waals surface area (Å²) in [6.45, 7) is 0.141. The van der Waals surface area contributed by atoms with Crippen molar-refractivity contribution in [2.45, 2.75) is 6.61 Å². The molecule has 2 rings (SSSR count). The molecule has 1 aromatic heterocycles. The normalized spacial score (nSPS) is 10.2. The molecule has 1 aromatic carbocycles. The molecule has 0 saturated carbocycles. The molecule has 0 aliphatic carbocycles. The predicted molar refractivity (Wildman–Crippen MR) is 72.0 cm³/mol. The van der Waals surface area contributed by atoms with Gasteiger partial charge < -0.3 is 9.84 Å². The lowest BCUT2D eigenvalue weighted by atomic mass is 10.2. The summed E-state index contributed by atoms with van der Waals surface area (Å²) in [6.07, 6.45) is 2.75. The molecular weight excluding hydrogens is 289 g/mol. The molecule has 1 heterocycles. The van der Waals surface area contributed by atoms with Crippen molar-refractivity contribution in [1.82, 2.24) is 4.98 Å². The van der Waals surface area contributed by atoms with Crippen LogP contribution in [0.5, 0.6) is 5.75 Å². The van der Waals surface area contributed by atoms with E-state index in [1.165, 1.54) is 18.5 Å². The first-order valence-corrected chi connectivity index (χ1v) is 6.07. The number of halogens is 2. The second-order valence-electron chi connectivity index (χ2n) is 3.70. The highest BCUT2D eigenvalue weighted by atomic mass is 35.5. The SMILES string of the molecule is O=C(O)c1ccncc1OCc1ccc(Cl)cc1Cl. The van der Waals surface area contributed by atoms with Gasteiger partial charge in [0.25, 0.3) is 0 Å². The van der Waals surface area contributed by atoms with Crippen LogP contribution in [0.25, 0.3) is 0 Å². The number of hydrogen-bond donors (Lipinski definition) is 1. The molecule has 0 saturated heterocycles. The molecule has 0 amide bonds. The Morgan fingerprint density at radius 2 is 2.11 bits per heavy atom. The molecule has 19 heavy (non-hydrogen) atoms. The third kappa shape index (κ3) is 3.36. The van der Waals surface area contributed by atoms with Gasteiger partial charge >= 0.3 is 5.97 Å². The zero-order valence-electron chi connectivity index (χ0n) is 9.64. The quantitative estimate of drug-likeness (QED) is 0.935. The van der Waals surface area contributed by atoms with E-state index in [-0.39, 0.29) is 17.9 Å². The Bertz CT molecular complexity index is 617. The number of rotatable bonds is 4. The van der Waals surface area contributed by atoms with Crippen molar-refractivity contribution in [2.24, 2.45) is 0 Å². The number of carboxylic acid groups (broad SMARTS) is 1. The molecule has 0 radical (unpaired) electrons. The molecule has 1 N–H and O–H groups in total. The number of nitrogens with zero attached hydrogens (tertiary/aromatic N) is 1. The second kappa shape index (κ2) is 5.91. The first-order valence-electron chi connectivity index (χ1n) is 5.32. The van der Waals surface area contributed by atoms with E-state index in [2.05, 4.69) is 4.98 Å². The molecule has 4 nitrogen and oxygen atoms in total. The van der Waals surface area contributed by atoms with Gasteiger partial charge in [-0.3, -0.25) is 4.98 Å². The third-order valence-corrected chi connectivity index (χ3v) is 3.00. The van der Waals surface area contributed by atoms with Crippen LogP contribution in [0.4, 0.5) is 0 Å². The maximum absolute atomic E-state index is 11.0. The van der Waals surface area contributed by atoms with Crippen LogP contribution in [0.3, 0.4) is 0 Å². The molecule has 0 spiro atoms. The highest BCUT2D eigenvalue weighted by Crippen LogP contribution is 2.23. The first kappa shape index (κ1) is 13.6. The lowest BCUT2D eigenvalue weighted by Gasteiger charge is -2.09. The predicted octanol–water partition coefficient (Wildman–Crippen LogP) is 3.67. The topological polar surface area (TPSA) is 59.4 Å². The van der Waals surface area contributed by atoms with Crippen LogP contribution in [0.1, 0.15) is 15.9 Å². The summed E-state index contributed by atoms with van der Waals surface area (Å²) in [6, 6.07) is 6.39. The van der Waals surface area contributed by atoms with Crippen LogP contribution < -0.4 is 4.74 Å². The fourth-order valence-corrected chi connectivity index (χ4v) is 1.93. The summed E-state index contributed by atoms with van der Waals surface area (Å²) in [5.74, 6) is -0.874. The van der Waals surface area contributed by atoms with E-state index < -0.39 is 5.97 Å². The fourth-order valence-electron chi connectivity index (χ4n) is 1.47. The van der Waals surface area contributed by atoms with Crippen molar-refractivity contribution in [2.75, 3.05) is 0 Å². The van der Waals surface area contributed by atoms with Crippen molar-refractivity contribution in [1.29, 1.82) is 0 Å². The Hall–Kier alpha value is -1.78. The van der Waals surface area contributed by atoms with E-state index >= 15 is 0 Å². The van der Waals surface area contributed by atoms with Crippen LogP contribution >= 0.6 is 23.2 Å². The zero-order chi connectivity index (χ0) is 13.8. The number of aromatic carboxylic acids is 1. The maximum atomic E-state index is 11.0. The van der Waals surface area contributed by atoms with E-state index in [1.54, 1.807) is 18.2 Å². The fraction of sp³-hybridized carbons (Fsp3) is 0.0769. The van der Waals surface area contributed by atoms with E-state index in [4.69, 9.17) is 33.0 Å². The molecule has 0 aliphatic heterocycles. The summed E-state index contributed by atoms with van der Waals surface area (Å²) in [5.41, 5.74) is 0.770. The minimum Gasteiger partial charge on any atom is -0.486 e. The first-order chi connectivity index (χ1) is 9.08. The van der Waals surface area contributed by atoms with Gasteiger partial charge in [0.2, 0.25) is 0 Å². The van der Waals surface area contributed by atoms with Crippen molar-refractivity contribution < 1.29 is 14.6 Å². The maximum Gasteiger partial charge on any atom is 0.339 e. The van der Waals surface area contributed by atoms with Gasteiger partial charge in [0.05, 0.1) is 6.20 Å². The summed E-state index contributed by atoms with van der Waals surface area (Å²) >= 11 is 11.8. The molecule has 98 valence electrons. The van der Waals surface area contributed by atoms with Gasteiger partial charge in [0.1, 0.15) is 12.2 Å². The second-order valence-corrected chi connectivity index (χ2v) is 4.55. The lowest BCUT2D eigenvalue weighted by Crippen LogP contribution is -2.04. The number of aromatic nitrogens is 1. The molecule has 0 atom stereocenters. The molecule has 0 aliphatic rings. The molecule has 2 aromatic rings. The molecule has 0 unspecified atom stereocenters. The van der Waals surface area contributed by atoms with Gasteiger partial charge in [-0.1, -0.05) is 29.3 Å². The lowest BCUT2D eigenvalue weighted by molar-refractivity contribution is 0.0691. The number of carbonyl (C=O) groups is 1. The van der Waals surface area contributed by atoms with Crippen LogP contribution in [0, 0.1) is 0 Å². The van der Waals surface area contributed by atoms with E-state index in [1.807, 2.05) is 0 Å². The zero-order valence-corrected chi connectivity index (χ0v) is 11.1. The Balaban J connectivity index is 2.17. The molecule has 0 bridgehead atoms. The monoisotopic (exact) mass is 297 g/mol. The summed E-state index contributed by atoms with van der Waals surface area (Å²) in [7, 11) is 0. The van der Waals surface area contributed by atoms with Gasteiger partial charge in [-0.2, -0.15) is 0 Å². The van der Waals surface area contributed by atoms with Crippen LogP contribution in [0.2, 0.25) is 10.0 Å². The number of benzene rings is 1. The number of hydrogen-bond acceptors (Lipinski definition) is 3. The van der Waals surface area contributed by atoms with Crippen molar-refractivity contribution in [3.63, 3.8) is 0 Å². The van der Waals surface area contributed by atoms with E-state index in [0.717, 1.165) is 0 Å². The van der Waals surface area contributed by atoms with Crippen molar-refractivity contribution in [3.05, 3.63) is 57.8 Å². The van der Waals surface area contributed by atoms with Crippen LogP contribution in [0.15, 0.2) is 36.7 Å². The summed E-state index contributed by atoms with van der Waals surface area (Å²) < 4.78 is 5.43. The van der Waals surface area contributed by atoms with Crippen LogP contribution in [-0.4, -0.2) is 16.1 Å². The Morgan fingerprint density at radius 3 is 2.79 bits per heavy atom. The molecule has 6 heteroatoms. The van der Waals surface area contributed by atoms with E-state index in [9.17, 15) is 4.79 Å². The smallest absolute Gasteiger partial charge is 0.339 e. The molecule has 0 fully saturated rings. The summed E-state index contributed by atoms with van der Waals surface area (Å²) in [5, 5.41) is 10.00. The highest BCUT2D eigenvalue weighted by Gasteiger charge is 2.11. The van der Waals surface area contributed by atoms with E-state index in [0.29, 0.717) is 15.6 Å². The number of carboxylic acids is 1. The Morgan fingerprint density at radius 1 is 1.32 bits per heavy atom. The van der Waals surface area contributed by atoms with Crippen molar-refractivity contribution in [3.8, 4) is 5.75 Å². The highest BCUT2D eigenvalue weighted by molar-refractivity contribution is 6.35. The van der Waals surface area contributed by atoms with Crippen LogP contribution in [-0.2, 0) is 6.61 Å². The third-order valence-electron chi connectivity index (χ3n) is 2.41. The Labute approximate surface area is 119 Å².